The lowest BCUT2D eigenvalue weighted by atomic mass is 9.97. The molecule has 1 saturated heterocycles. The first-order valence-corrected chi connectivity index (χ1v) is 9.43. The van der Waals surface area contributed by atoms with Gasteiger partial charge in [0.2, 0.25) is 5.91 Å². The van der Waals surface area contributed by atoms with Gasteiger partial charge in [0.15, 0.2) is 0 Å². The lowest BCUT2D eigenvalue weighted by molar-refractivity contribution is -0.123. The number of hydrogen-bond acceptors (Lipinski definition) is 4. The van der Waals surface area contributed by atoms with Crippen molar-refractivity contribution in [2.45, 2.75) is 39.8 Å². The fourth-order valence-electron chi connectivity index (χ4n) is 3.61. The van der Waals surface area contributed by atoms with Crippen LogP contribution in [0.3, 0.4) is 0 Å². The van der Waals surface area contributed by atoms with Gasteiger partial charge in [0.05, 0.1) is 11.6 Å². The summed E-state index contributed by atoms with van der Waals surface area (Å²) in [6, 6.07) is 9.57. The molecule has 1 fully saturated rings. The predicted octanol–water partition coefficient (Wildman–Crippen LogP) is 2.16. The van der Waals surface area contributed by atoms with Crippen molar-refractivity contribution in [2.75, 3.05) is 18.4 Å². The van der Waals surface area contributed by atoms with E-state index in [1.807, 2.05) is 38.1 Å². The molecule has 2 aromatic rings. The molecule has 0 radical (unpaired) electrons. The average molecular weight is 369 g/mol. The number of benzene rings is 1. The number of amides is 2. The van der Waals surface area contributed by atoms with Crippen LogP contribution < -0.4 is 11.1 Å². The quantitative estimate of drug-likeness (QED) is 0.816. The Hall–Kier alpha value is -2.67. The average Bonchev–Trinajstić information content (AvgIpc) is 3.04. The van der Waals surface area contributed by atoms with Crippen LogP contribution in [0.2, 0.25) is 0 Å². The van der Waals surface area contributed by atoms with Crippen molar-refractivity contribution < 1.29 is 9.59 Å². The molecule has 2 amide bonds. The number of nitrogens with one attached hydrogen (secondary N) is 1. The number of nitrogens with zero attached hydrogens (tertiary/aromatic N) is 3. The lowest BCUT2D eigenvalue weighted by Crippen LogP contribution is -2.40. The third-order valence-corrected chi connectivity index (χ3v) is 5.00. The monoisotopic (exact) mass is 369 g/mol. The van der Waals surface area contributed by atoms with E-state index in [1.54, 1.807) is 10.7 Å². The molecular formula is C20H27N5O2. The Kier molecular flexibility index (Phi) is 5.91. The molecule has 7 nitrogen and oxygen atoms in total. The summed E-state index contributed by atoms with van der Waals surface area (Å²) in [5, 5.41) is 7.36. The second-order valence-electron chi connectivity index (χ2n) is 7.07. The molecule has 1 aliphatic rings. The molecule has 1 unspecified atom stereocenters. The summed E-state index contributed by atoms with van der Waals surface area (Å²) in [7, 11) is 0. The number of carbonyl (C=O) groups excluding carboxylic acids is 2. The summed E-state index contributed by atoms with van der Waals surface area (Å²) >= 11 is 0. The van der Waals surface area contributed by atoms with E-state index in [1.165, 1.54) is 0 Å². The van der Waals surface area contributed by atoms with E-state index in [2.05, 4.69) is 15.3 Å². The van der Waals surface area contributed by atoms with E-state index in [9.17, 15) is 9.59 Å². The second kappa shape index (κ2) is 8.35. The molecule has 1 aliphatic heterocycles. The Morgan fingerprint density at radius 1 is 1.33 bits per heavy atom. The van der Waals surface area contributed by atoms with Gasteiger partial charge in [-0.25, -0.2) is 0 Å². The molecule has 0 aliphatic carbocycles. The minimum Gasteiger partial charge on any atom is -0.369 e. The minimum atomic E-state index is -0.232. The first-order valence-electron chi connectivity index (χ1n) is 9.43. The van der Waals surface area contributed by atoms with Crippen molar-refractivity contribution in [1.29, 1.82) is 0 Å². The number of nitrogens with two attached hydrogens (primary N) is 1. The van der Waals surface area contributed by atoms with Crippen LogP contribution in [-0.2, 0) is 17.9 Å². The fourth-order valence-corrected chi connectivity index (χ4v) is 3.61. The molecule has 27 heavy (non-hydrogen) atoms. The van der Waals surface area contributed by atoms with Crippen LogP contribution in [0.1, 0.15) is 41.5 Å². The van der Waals surface area contributed by atoms with Crippen LogP contribution in [0, 0.1) is 12.8 Å². The van der Waals surface area contributed by atoms with Crippen molar-refractivity contribution in [3.05, 3.63) is 47.3 Å². The number of likely N-dealkylation sites (tertiary alicyclic amines) is 1. The van der Waals surface area contributed by atoms with Gasteiger partial charge in [0, 0.05) is 25.3 Å². The zero-order valence-corrected chi connectivity index (χ0v) is 15.9. The largest absolute Gasteiger partial charge is 0.369 e. The van der Waals surface area contributed by atoms with E-state index < -0.39 is 0 Å². The topological polar surface area (TPSA) is 93.2 Å². The first-order chi connectivity index (χ1) is 13.0. The lowest BCUT2D eigenvalue weighted by Gasteiger charge is -2.31. The number of anilines is 1. The predicted molar refractivity (Wildman–Crippen MR) is 104 cm³/mol. The van der Waals surface area contributed by atoms with Gasteiger partial charge in [-0.1, -0.05) is 18.2 Å². The van der Waals surface area contributed by atoms with Crippen molar-refractivity contribution in [1.82, 2.24) is 14.7 Å². The smallest absolute Gasteiger partial charge is 0.273 e. The SMILES string of the molecule is CCn1nc(C)cc1C(=O)Nc1ccccc1CN1CCCC(C(N)=O)C1. The highest BCUT2D eigenvalue weighted by molar-refractivity contribution is 6.03. The number of carbonyl (C=O) groups is 2. The van der Waals surface area contributed by atoms with Gasteiger partial charge < -0.3 is 11.1 Å². The van der Waals surface area contributed by atoms with Crippen molar-refractivity contribution in [3.63, 3.8) is 0 Å². The molecule has 0 spiro atoms. The van der Waals surface area contributed by atoms with Crippen LogP contribution in [-0.4, -0.2) is 39.6 Å². The molecule has 1 aromatic heterocycles. The number of aromatic nitrogens is 2. The Balaban J connectivity index is 1.74. The summed E-state index contributed by atoms with van der Waals surface area (Å²) < 4.78 is 1.70. The molecule has 7 heteroatoms. The molecule has 2 heterocycles. The summed E-state index contributed by atoms with van der Waals surface area (Å²) in [6.45, 7) is 6.74. The van der Waals surface area contributed by atoms with Gasteiger partial charge in [-0.3, -0.25) is 19.2 Å². The highest BCUT2D eigenvalue weighted by Gasteiger charge is 2.24. The Morgan fingerprint density at radius 3 is 2.85 bits per heavy atom. The highest BCUT2D eigenvalue weighted by Crippen LogP contribution is 2.22. The van der Waals surface area contributed by atoms with Crippen LogP contribution >= 0.6 is 0 Å². The van der Waals surface area contributed by atoms with Crippen LogP contribution in [0.4, 0.5) is 5.69 Å². The molecule has 3 N–H and O–H groups in total. The number of aryl methyl sites for hydroxylation is 2. The van der Waals surface area contributed by atoms with Gasteiger partial charge in [0.25, 0.3) is 5.91 Å². The van der Waals surface area contributed by atoms with Crippen molar-refractivity contribution in [3.8, 4) is 0 Å². The zero-order valence-electron chi connectivity index (χ0n) is 15.9. The van der Waals surface area contributed by atoms with Gasteiger partial charge >= 0.3 is 0 Å². The second-order valence-corrected chi connectivity index (χ2v) is 7.07. The van der Waals surface area contributed by atoms with E-state index in [0.717, 1.165) is 36.3 Å². The molecule has 0 bridgehead atoms. The standard InChI is InChI=1S/C20H27N5O2/c1-3-25-18(11-14(2)23-25)20(27)22-17-9-5-4-7-15(17)12-24-10-6-8-16(13-24)19(21)26/h4-5,7,9,11,16H,3,6,8,10,12-13H2,1-2H3,(H2,21,26)(H,22,27). The third kappa shape index (κ3) is 4.54. The summed E-state index contributed by atoms with van der Waals surface area (Å²) in [6.07, 6.45) is 1.81. The van der Waals surface area contributed by atoms with Crippen LogP contribution in [0.25, 0.3) is 0 Å². The summed E-state index contributed by atoms with van der Waals surface area (Å²) in [5.41, 5.74) is 8.66. The number of hydrogen-bond donors (Lipinski definition) is 2. The highest BCUT2D eigenvalue weighted by atomic mass is 16.2. The third-order valence-electron chi connectivity index (χ3n) is 5.00. The molecule has 3 rings (SSSR count). The number of para-hydroxylation sites is 1. The molecule has 1 atom stereocenters. The van der Waals surface area contributed by atoms with E-state index in [4.69, 9.17) is 5.73 Å². The Morgan fingerprint density at radius 2 is 2.11 bits per heavy atom. The minimum absolute atomic E-state index is 0.0950. The maximum atomic E-state index is 12.7. The Bertz CT molecular complexity index is 830. The van der Waals surface area contributed by atoms with E-state index in [0.29, 0.717) is 25.3 Å². The molecule has 0 saturated carbocycles. The van der Waals surface area contributed by atoms with Crippen molar-refractivity contribution in [2.24, 2.45) is 11.7 Å². The maximum absolute atomic E-state index is 12.7. The number of piperidine rings is 1. The van der Waals surface area contributed by atoms with E-state index in [-0.39, 0.29) is 17.7 Å². The normalized spacial score (nSPS) is 17.6. The van der Waals surface area contributed by atoms with Gasteiger partial charge in [0.1, 0.15) is 5.69 Å². The summed E-state index contributed by atoms with van der Waals surface area (Å²) in [4.78, 5) is 26.5. The molecular weight excluding hydrogens is 342 g/mol. The van der Waals surface area contributed by atoms with E-state index >= 15 is 0 Å². The summed E-state index contributed by atoms with van der Waals surface area (Å²) in [5.74, 6) is -0.495. The maximum Gasteiger partial charge on any atom is 0.273 e. The van der Waals surface area contributed by atoms with Gasteiger partial charge in [-0.2, -0.15) is 5.10 Å². The molecule has 1 aromatic carbocycles. The molecule has 144 valence electrons. The van der Waals surface area contributed by atoms with Crippen LogP contribution in [0.5, 0.6) is 0 Å². The Labute approximate surface area is 159 Å². The number of rotatable bonds is 6. The fraction of sp³-hybridized carbons (Fsp3) is 0.450. The van der Waals surface area contributed by atoms with Crippen molar-refractivity contribution >= 4 is 17.5 Å². The van der Waals surface area contributed by atoms with Gasteiger partial charge in [-0.05, 0) is 50.9 Å². The number of primary amides is 1. The van der Waals surface area contributed by atoms with Gasteiger partial charge in [-0.15, -0.1) is 0 Å². The van der Waals surface area contributed by atoms with Crippen LogP contribution in [0.15, 0.2) is 30.3 Å². The first kappa shape index (κ1) is 19.1. The zero-order chi connectivity index (χ0) is 19.4.